The third-order valence-corrected chi connectivity index (χ3v) is 12.4. The van der Waals surface area contributed by atoms with E-state index in [1.165, 1.54) is 54.6 Å². The second kappa shape index (κ2) is 17.5. The summed E-state index contributed by atoms with van der Waals surface area (Å²) in [6.07, 6.45) is 0. The minimum atomic E-state index is -4.07. The van der Waals surface area contributed by atoms with Gasteiger partial charge in [-0.15, -0.1) is 0 Å². The van der Waals surface area contributed by atoms with Gasteiger partial charge in [0.15, 0.2) is 0 Å². The molecule has 63 heavy (non-hydrogen) atoms. The smallest absolute Gasteiger partial charge is 0.349 e. The second-order valence-electron chi connectivity index (χ2n) is 13.9. The summed E-state index contributed by atoms with van der Waals surface area (Å²) in [6.45, 7) is 0. The number of benzene rings is 8. The quantitative estimate of drug-likeness (QED) is 0.0882. The van der Waals surface area contributed by atoms with E-state index in [1.54, 1.807) is 54.6 Å². The van der Waals surface area contributed by atoms with E-state index >= 15 is 4.39 Å². The summed E-state index contributed by atoms with van der Waals surface area (Å²) < 4.78 is 92.6. The lowest BCUT2D eigenvalue weighted by Crippen LogP contribution is -2.14. The molecule has 0 unspecified atom stereocenters. The van der Waals surface area contributed by atoms with Crippen molar-refractivity contribution in [3.8, 4) is 23.7 Å². The fourth-order valence-electron chi connectivity index (χ4n) is 6.39. The SMILES string of the molecule is O=C(OC(=O)c1ccc(C#Cc2ccccc2NS(=O)(=O)c2ccc3ccccc3c2)cc1F)c1ccc(C#Cc2cc(F)ccc2NS(=O)(=O)c2ccc3ccccc3c2)cc1. The van der Waals surface area contributed by atoms with Crippen LogP contribution < -0.4 is 9.44 Å². The Morgan fingerprint density at radius 3 is 1.60 bits per heavy atom. The number of fused-ring (bicyclic) bond motifs is 2. The van der Waals surface area contributed by atoms with Crippen molar-refractivity contribution in [3.05, 3.63) is 215 Å². The fourth-order valence-corrected chi connectivity index (χ4v) is 8.62. The van der Waals surface area contributed by atoms with Gasteiger partial charge in [-0.25, -0.2) is 35.2 Å². The molecule has 0 aliphatic carbocycles. The van der Waals surface area contributed by atoms with Crippen molar-refractivity contribution in [1.29, 1.82) is 0 Å². The third-order valence-electron chi connectivity index (χ3n) is 9.64. The Labute approximate surface area is 361 Å². The summed E-state index contributed by atoms with van der Waals surface area (Å²) in [6, 6.07) is 43.0. The van der Waals surface area contributed by atoms with E-state index in [9.17, 15) is 30.8 Å². The van der Waals surface area contributed by atoms with E-state index in [-0.39, 0.29) is 37.9 Å². The number of anilines is 2. The molecule has 8 aromatic carbocycles. The molecule has 0 aliphatic heterocycles. The molecule has 0 atom stereocenters. The van der Waals surface area contributed by atoms with Gasteiger partial charge in [0.05, 0.1) is 37.9 Å². The van der Waals surface area contributed by atoms with Crippen molar-refractivity contribution in [2.45, 2.75) is 9.79 Å². The molecular weight excluding hydrogens is 843 g/mol. The first-order chi connectivity index (χ1) is 30.3. The number of sulfonamides is 2. The van der Waals surface area contributed by atoms with Crippen LogP contribution in [0.1, 0.15) is 43.0 Å². The van der Waals surface area contributed by atoms with Crippen molar-refractivity contribution in [2.24, 2.45) is 0 Å². The number of hydrogen-bond donors (Lipinski definition) is 2. The van der Waals surface area contributed by atoms with Crippen molar-refractivity contribution < 1.29 is 39.9 Å². The molecular formula is C50H30F2N2O7S2. The van der Waals surface area contributed by atoms with Crippen LogP contribution in [0.25, 0.3) is 21.5 Å². The predicted octanol–water partition coefficient (Wildman–Crippen LogP) is 9.67. The average molecular weight is 873 g/mol. The zero-order valence-corrected chi connectivity index (χ0v) is 34.2. The molecule has 0 radical (unpaired) electrons. The zero-order valence-electron chi connectivity index (χ0n) is 32.6. The first-order valence-corrected chi connectivity index (χ1v) is 21.9. The number of nitrogens with one attached hydrogen (secondary N) is 2. The molecule has 0 aromatic heterocycles. The summed E-state index contributed by atoms with van der Waals surface area (Å²) in [5.41, 5.74) is 0.557. The molecule has 13 heteroatoms. The van der Waals surface area contributed by atoms with Crippen LogP contribution in [0.4, 0.5) is 20.2 Å². The van der Waals surface area contributed by atoms with Gasteiger partial charge in [-0.05, 0) is 119 Å². The number of carbonyl (C=O) groups excluding carboxylic acids is 2. The molecule has 8 aromatic rings. The van der Waals surface area contributed by atoms with Gasteiger partial charge in [-0.3, -0.25) is 9.44 Å². The molecule has 0 heterocycles. The highest BCUT2D eigenvalue weighted by Gasteiger charge is 2.20. The lowest BCUT2D eigenvalue weighted by Gasteiger charge is -2.11. The molecule has 2 N–H and O–H groups in total. The van der Waals surface area contributed by atoms with Crippen LogP contribution in [0.3, 0.4) is 0 Å². The average Bonchev–Trinajstić information content (AvgIpc) is 3.28. The Morgan fingerprint density at radius 1 is 0.460 bits per heavy atom. The Balaban J connectivity index is 0.916. The van der Waals surface area contributed by atoms with Crippen LogP contribution in [0.2, 0.25) is 0 Å². The highest BCUT2D eigenvalue weighted by molar-refractivity contribution is 7.93. The first-order valence-electron chi connectivity index (χ1n) is 18.9. The maximum absolute atomic E-state index is 15.2. The topological polar surface area (TPSA) is 136 Å². The van der Waals surface area contributed by atoms with Crippen LogP contribution in [0.15, 0.2) is 180 Å². The summed E-state index contributed by atoms with van der Waals surface area (Å²) >= 11 is 0. The van der Waals surface area contributed by atoms with Crippen molar-refractivity contribution in [1.82, 2.24) is 0 Å². The van der Waals surface area contributed by atoms with Gasteiger partial charge in [0.25, 0.3) is 20.0 Å². The fraction of sp³-hybridized carbons (Fsp3) is 0. The highest BCUT2D eigenvalue weighted by Crippen LogP contribution is 2.26. The minimum Gasteiger partial charge on any atom is -0.386 e. The molecule has 0 fully saturated rings. The highest BCUT2D eigenvalue weighted by atomic mass is 32.2. The summed E-state index contributed by atoms with van der Waals surface area (Å²) in [7, 11) is -8.06. The van der Waals surface area contributed by atoms with Crippen LogP contribution in [-0.4, -0.2) is 28.8 Å². The maximum Gasteiger partial charge on any atom is 0.349 e. The molecule has 308 valence electrons. The number of esters is 2. The van der Waals surface area contributed by atoms with Crippen LogP contribution in [0, 0.1) is 35.3 Å². The van der Waals surface area contributed by atoms with Crippen molar-refractivity contribution in [3.63, 3.8) is 0 Å². The first kappa shape index (κ1) is 41.6. The number of rotatable bonds is 8. The van der Waals surface area contributed by atoms with Crippen LogP contribution >= 0.6 is 0 Å². The van der Waals surface area contributed by atoms with E-state index in [2.05, 4.69) is 33.1 Å². The summed E-state index contributed by atoms with van der Waals surface area (Å²) in [5, 5.41) is 3.24. The number of para-hydroxylation sites is 1. The summed E-state index contributed by atoms with van der Waals surface area (Å²) in [4.78, 5) is 25.8. The number of hydrogen-bond acceptors (Lipinski definition) is 7. The van der Waals surface area contributed by atoms with Gasteiger partial charge >= 0.3 is 11.9 Å². The molecule has 0 saturated heterocycles. The molecule has 0 amide bonds. The molecule has 9 nitrogen and oxygen atoms in total. The van der Waals surface area contributed by atoms with Crippen LogP contribution in [-0.2, 0) is 24.8 Å². The molecule has 0 spiro atoms. The minimum absolute atomic E-state index is 0.0111. The van der Waals surface area contributed by atoms with Gasteiger partial charge in [-0.2, -0.15) is 0 Å². The van der Waals surface area contributed by atoms with E-state index < -0.39 is 49.2 Å². The number of ether oxygens (including phenoxy) is 1. The second-order valence-corrected chi connectivity index (χ2v) is 17.3. The maximum atomic E-state index is 15.2. The number of halogens is 2. The van der Waals surface area contributed by atoms with Gasteiger partial charge in [0.1, 0.15) is 11.6 Å². The van der Waals surface area contributed by atoms with E-state index in [0.29, 0.717) is 11.1 Å². The Morgan fingerprint density at radius 2 is 0.984 bits per heavy atom. The van der Waals surface area contributed by atoms with Gasteiger partial charge in [-0.1, -0.05) is 96.5 Å². The van der Waals surface area contributed by atoms with Crippen molar-refractivity contribution >= 4 is 64.9 Å². The predicted molar refractivity (Wildman–Crippen MR) is 237 cm³/mol. The number of carbonyl (C=O) groups is 2. The molecule has 0 bridgehead atoms. The lowest BCUT2D eigenvalue weighted by atomic mass is 10.1. The van der Waals surface area contributed by atoms with Gasteiger partial charge < -0.3 is 4.74 Å². The zero-order chi connectivity index (χ0) is 44.1. The molecule has 0 saturated carbocycles. The van der Waals surface area contributed by atoms with Gasteiger partial charge in [0.2, 0.25) is 0 Å². The molecule has 0 aliphatic rings. The Hall–Kier alpha value is -8.10. The standard InChI is InChI=1S/C50H30F2N2O7S2/c51-42-24-28-48(54-63(59,60)44-26-23-36-8-2-4-11-40(36)32-44)41(30-42)21-15-33-13-19-38(20-14-33)49(55)61-50(56)45-27-17-34(29-46(45)52)16-18-37-9-5-6-12-47(37)53-62(57,58)43-25-22-35-7-1-3-10-39(35)31-43/h1-14,17,19-20,22-32,53-54H. The Bertz CT molecular complexity index is 3500. The van der Waals surface area contributed by atoms with Gasteiger partial charge in [0, 0.05) is 16.7 Å². The van der Waals surface area contributed by atoms with Crippen molar-refractivity contribution in [2.75, 3.05) is 9.44 Å². The van der Waals surface area contributed by atoms with E-state index in [4.69, 9.17) is 4.74 Å². The third kappa shape index (κ3) is 9.61. The Kier molecular flexibility index (Phi) is 11.5. The molecule has 8 rings (SSSR count). The lowest BCUT2D eigenvalue weighted by molar-refractivity contribution is 0.0394. The van der Waals surface area contributed by atoms with Crippen LogP contribution in [0.5, 0.6) is 0 Å². The monoisotopic (exact) mass is 872 g/mol. The summed E-state index contributed by atoms with van der Waals surface area (Å²) in [5.74, 6) is 7.22. The van der Waals surface area contributed by atoms with E-state index in [0.717, 1.165) is 45.8 Å². The normalized spacial score (nSPS) is 11.1. The van der Waals surface area contributed by atoms with E-state index in [1.807, 2.05) is 36.4 Å². The largest absolute Gasteiger partial charge is 0.386 e.